The van der Waals surface area contributed by atoms with Gasteiger partial charge in [0.05, 0.1) is 6.61 Å². The van der Waals surface area contributed by atoms with Crippen LogP contribution >= 0.6 is 0 Å². The third-order valence-electron chi connectivity index (χ3n) is 3.20. The van der Waals surface area contributed by atoms with Gasteiger partial charge in [0.1, 0.15) is 5.76 Å². The van der Waals surface area contributed by atoms with E-state index >= 15 is 0 Å². The molecular formula is C17H32O. The number of ether oxygens (including phenoxy) is 1. The number of hydrogen-bond donors (Lipinski definition) is 0. The first-order chi connectivity index (χ1) is 8.78. The van der Waals surface area contributed by atoms with Gasteiger partial charge in [-0.05, 0) is 37.3 Å². The Bertz CT molecular complexity index is 228. The number of hydrogen-bond acceptors (Lipinski definition) is 1. The summed E-state index contributed by atoms with van der Waals surface area (Å²) in [5, 5.41) is 0. The van der Waals surface area contributed by atoms with Crippen molar-refractivity contribution >= 4 is 0 Å². The number of unbranched alkanes of at least 4 members (excludes halogenated alkanes) is 2. The van der Waals surface area contributed by atoms with Crippen molar-refractivity contribution < 1.29 is 4.74 Å². The van der Waals surface area contributed by atoms with E-state index in [2.05, 4.69) is 45.9 Å². The zero-order valence-electron chi connectivity index (χ0n) is 12.9. The van der Waals surface area contributed by atoms with E-state index in [9.17, 15) is 0 Å². The summed E-state index contributed by atoms with van der Waals surface area (Å²) >= 11 is 0. The van der Waals surface area contributed by atoms with Crippen molar-refractivity contribution in [1.29, 1.82) is 0 Å². The summed E-state index contributed by atoms with van der Waals surface area (Å²) in [6.45, 7) is 9.71. The van der Waals surface area contributed by atoms with Crippen molar-refractivity contribution in [2.75, 3.05) is 6.61 Å². The second-order valence-electron chi connectivity index (χ2n) is 4.91. The number of rotatable bonds is 11. The lowest BCUT2D eigenvalue weighted by atomic mass is 10.00. The predicted octanol–water partition coefficient (Wildman–Crippen LogP) is 5.87. The standard InChI is InChI=1S/C17H32O/c1-5-9-11-13-16(8-4)15-18-17(12-7-3)14-10-6-2/h10,12,14,16H,5-9,11,13,15H2,1-4H3/b14-10-,17-12+. The first-order valence-corrected chi connectivity index (χ1v) is 7.77. The Labute approximate surface area is 114 Å². The Hall–Kier alpha value is -0.720. The largest absolute Gasteiger partial charge is 0.494 e. The fourth-order valence-corrected chi connectivity index (χ4v) is 1.91. The first-order valence-electron chi connectivity index (χ1n) is 7.77. The third-order valence-corrected chi connectivity index (χ3v) is 3.20. The van der Waals surface area contributed by atoms with Crippen LogP contribution in [0.25, 0.3) is 0 Å². The van der Waals surface area contributed by atoms with E-state index < -0.39 is 0 Å². The molecule has 0 heterocycles. The molecule has 1 nitrogen and oxygen atoms in total. The molecule has 1 heteroatoms. The quantitative estimate of drug-likeness (QED) is 0.254. The molecule has 0 spiro atoms. The average Bonchev–Trinajstić information content (AvgIpc) is 2.39. The van der Waals surface area contributed by atoms with Crippen molar-refractivity contribution in [2.24, 2.45) is 5.92 Å². The molecule has 1 unspecified atom stereocenters. The predicted molar refractivity (Wildman–Crippen MR) is 81.7 cm³/mol. The van der Waals surface area contributed by atoms with E-state index in [-0.39, 0.29) is 0 Å². The van der Waals surface area contributed by atoms with Crippen LogP contribution in [-0.4, -0.2) is 6.61 Å². The van der Waals surface area contributed by atoms with Crippen LogP contribution in [0.4, 0.5) is 0 Å². The molecule has 0 amide bonds. The second kappa shape index (κ2) is 12.7. The average molecular weight is 252 g/mol. The maximum Gasteiger partial charge on any atom is 0.114 e. The van der Waals surface area contributed by atoms with E-state index in [4.69, 9.17) is 4.74 Å². The maximum absolute atomic E-state index is 5.94. The summed E-state index contributed by atoms with van der Waals surface area (Å²) in [7, 11) is 0. The fraction of sp³-hybridized carbons (Fsp3) is 0.765. The molecule has 0 aromatic heterocycles. The van der Waals surface area contributed by atoms with Crippen LogP contribution in [0.1, 0.15) is 72.6 Å². The Morgan fingerprint density at radius 1 is 1.06 bits per heavy atom. The van der Waals surface area contributed by atoms with Crippen LogP contribution in [-0.2, 0) is 4.74 Å². The molecule has 0 bridgehead atoms. The van der Waals surface area contributed by atoms with Crippen molar-refractivity contribution in [3.63, 3.8) is 0 Å². The molecule has 106 valence electrons. The van der Waals surface area contributed by atoms with E-state index in [1.54, 1.807) is 0 Å². The van der Waals surface area contributed by atoms with Gasteiger partial charge >= 0.3 is 0 Å². The minimum absolute atomic E-state index is 0.715. The van der Waals surface area contributed by atoms with Crippen LogP contribution in [0.15, 0.2) is 24.0 Å². The van der Waals surface area contributed by atoms with E-state index in [0.717, 1.165) is 25.2 Å². The summed E-state index contributed by atoms with van der Waals surface area (Å²) < 4.78 is 5.94. The van der Waals surface area contributed by atoms with Crippen LogP contribution in [0, 0.1) is 5.92 Å². The highest BCUT2D eigenvalue weighted by Crippen LogP contribution is 2.16. The van der Waals surface area contributed by atoms with E-state index in [0.29, 0.717) is 5.92 Å². The Kier molecular flexibility index (Phi) is 12.2. The molecule has 0 aliphatic rings. The van der Waals surface area contributed by atoms with Crippen molar-refractivity contribution in [3.8, 4) is 0 Å². The van der Waals surface area contributed by atoms with Gasteiger partial charge in [0.2, 0.25) is 0 Å². The molecule has 1 atom stereocenters. The van der Waals surface area contributed by atoms with Gasteiger partial charge in [-0.2, -0.15) is 0 Å². The monoisotopic (exact) mass is 252 g/mol. The topological polar surface area (TPSA) is 9.23 Å². The molecule has 0 saturated carbocycles. The van der Waals surface area contributed by atoms with Crippen LogP contribution in [0.3, 0.4) is 0 Å². The van der Waals surface area contributed by atoms with Crippen molar-refractivity contribution in [2.45, 2.75) is 72.6 Å². The lowest BCUT2D eigenvalue weighted by Gasteiger charge is -2.16. The van der Waals surface area contributed by atoms with Gasteiger partial charge in [-0.15, -0.1) is 0 Å². The lowest BCUT2D eigenvalue weighted by molar-refractivity contribution is 0.164. The van der Waals surface area contributed by atoms with Crippen LogP contribution in [0.5, 0.6) is 0 Å². The molecule has 0 N–H and O–H groups in total. The van der Waals surface area contributed by atoms with Crippen LogP contribution in [0.2, 0.25) is 0 Å². The molecule has 0 fully saturated rings. The second-order valence-corrected chi connectivity index (χ2v) is 4.91. The summed E-state index contributed by atoms with van der Waals surface area (Å²) in [5.74, 6) is 1.76. The zero-order chi connectivity index (χ0) is 13.6. The van der Waals surface area contributed by atoms with E-state index in [1.807, 2.05) is 0 Å². The maximum atomic E-state index is 5.94. The smallest absolute Gasteiger partial charge is 0.114 e. The molecule has 0 aliphatic heterocycles. The van der Waals surface area contributed by atoms with Crippen molar-refractivity contribution in [3.05, 3.63) is 24.0 Å². The first kappa shape index (κ1) is 17.3. The lowest BCUT2D eigenvalue weighted by Crippen LogP contribution is -2.08. The highest BCUT2D eigenvalue weighted by atomic mass is 16.5. The summed E-state index contributed by atoms with van der Waals surface area (Å²) in [5.41, 5.74) is 0. The molecule has 0 aromatic rings. The molecule has 0 saturated heterocycles. The van der Waals surface area contributed by atoms with Gasteiger partial charge < -0.3 is 4.74 Å². The number of allylic oxidation sites excluding steroid dienone is 3. The molecular weight excluding hydrogens is 220 g/mol. The minimum atomic E-state index is 0.715. The SMILES string of the molecule is CC/C=C\C(=C/CC)OCC(CC)CCCCC. The van der Waals surface area contributed by atoms with Gasteiger partial charge in [-0.1, -0.05) is 59.5 Å². The Morgan fingerprint density at radius 3 is 2.39 bits per heavy atom. The molecule has 18 heavy (non-hydrogen) atoms. The molecule has 0 rings (SSSR count). The Balaban J connectivity index is 4.05. The summed E-state index contributed by atoms with van der Waals surface area (Å²) in [4.78, 5) is 0. The summed E-state index contributed by atoms with van der Waals surface area (Å²) in [6.07, 6.45) is 15.1. The van der Waals surface area contributed by atoms with Gasteiger partial charge in [0, 0.05) is 0 Å². The van der Waals surface area contributed by atoms with Gasteiger partial charge in [0.15, 0.2) is 0 Å². The highest BCUT2D eigenvalue weighted by Gasteiger charge is 2.07. The Morgan fingerprint density at radius 2 is 1.83 bits per heavy atom. The normalized spacial score (nSPS) is 14.1. The van der Waals surface area contributed by atoms with Gasteiger partial charge in [0.25, 0.3) is 0 Å². The zero-order valence-corrected chi connectivity index (χ0v) is 12.9. The van der Waals surface area contributed by atoms with Crippen LogP contribution < -0.4 is 0 Å². The third kappa shape index (κ3) is 9.32. The molecule has 0 radical (unpaired) electrons. The highest BCUT2D eigenvalue weighted by molar-refractivity contribution is 5.11. The van der Waals surface area contributed by atoms with Gasteiger partial charge in [-0.3, -0.25) is 0 Å². The van der Waals surface area contributed by atoms with E-state index in [1.165, 1.54) is 32.1 Å². The molecule has 0 aliphatic carbocycles. The van der Waals surface area contributed by atoms with Crippen molar-refractivity contribution in [1.82, 2.24) is 0 Å². The van der Waals surface area contributed by atoms with Gasteiger partial charge in [-0.25, -0.2) is 0 Å². The minimum Gasteiger partial charge on any atom is -0.494 e. The molecule has 0 aromatic carbocycles. The summed E-state index contributed by atoms with van der Waals surface area (Å²) in [6, 6.07) is 0. The fourth-order valence-electron chi connectivity index (χ4n) is 1.91.